The molecule has 0 heterocycles. The van der Waals surface area contributed by atoms with E-state index in [0.717, 1.165) is 40.1 Å². The summed E-state index contributed by atoms with van der Waals surface area (Å²) in [6, 6.07) is 14.0. The Kier molecular flexibility index (Phi) is 4.62. The number of hydrogen-bond donors (Lipinski definition) is 1. The van der Waals surface area contributed by atoms with Crippen molar-refractivity contribution in [3.8, 4) is 11.1 Å². The zero-order valence-electron chi connectivity index (χ0n) is 11.4. The van der Waals surface area contributed by atoms with Gasteiger partial charge in [-0.15, -0.1) is 0 Å². The van der Waals surface area contributed by atoms with E-state index in [9.17, 15) is 5.11 Å². The molecular weight excluding hydrogens is 256 g/mol. The SMILES string of the molecule is CCC[C@H](O)c1cccc(-c2ccc(Cl)cc2C)c1. The van der Waals surface area contributed by atoms with Crippen LogP contribution in [0.5, 0.6) is 0 Å². The third kappa shape index (κ3) is 3.37. The van der Waals surface area contributed by atoms with Gasteiger partial charge in [-0.25, -0.2) is 0 Å². The van der Waals surface area contributed by atoms with E-state index in [0.29, 0.717) is 0 Å². The second-order valence-corrected chi connectivity index (χ2v) is 5.33. The van der Waals surface area contributed by atoms with E-state index in [-0.39, 0.29) is 6.10 Å². The Labute approximate surface area is 119 Å². The smallest absolute Gasteiger partial charge is 0.0790 e. The van der Waals surface area contributed by atoms with E-state index in [4.69, 9.17) is 11.6 Å². The van der Waals surface area contributed by atoms with Gasteiger partial charge in [-0.2, -0.15) is 0 Å². The van der Waals surface area contributed by atoms with Gasteiger partial charge in [-0.3, -0.25) is 0 Å². The molecule has 0 aliphatic heterocycles. The molecule has 2 heteroatoms. The Morgan fingerprint density at radius 1 is 1.16 bits per heavy atom. The second kappa shape index (κ2) is 6.23. The lowest BCUT2D eigenvalue weighted by atomic mass is 9.96. The number of aliphatic hydroxyl groups is 1. The summed E-state index contributed by atoms with van der Waals surface area (Å²) in [5.74, 6) is 0. The summed E-state index contributed by atoms with van der Waals surface area (Å²) in [5, 5.41) is 10.8. The number of halogens is 1. The van der Waals surface area contributed by atoms with Gasteiger partial charge in [0.05, 0.1) is 6.10 Å². The molecule has 0 amide bonds. The van der Waals surface area contributed by atoms with Gasteiger partial charge in [0.1, 0.15) is 0 Å². The van der Waals surface area contributed by atoms with Crippen molar-refractivity contribution in [1.82, 2.24) is 0 Å². The van der Waals surface area contributed by atoms with Crippen LogP contribution in [0, 0.1) is 6.92 Å². The number of benzene rings is 2. The molecule has 1 atom stereocenters. The van der Waals surface area contributed by atoms with Crippen molar-refractivity contribution in [3.05, 3.63) is 58.6 Å². The highest BCUT2D eigenvalue weighted by Gasteiger charge is 2.08. The molecule has 0 bridgehead atoms. The molecule has 0 aromatic heterocycles. The zero-order valence-corrected chi connectivity index (χ0v) is 12.1. The maximum Gasteiger partial charge on any atom is 0.0790 e. The van der Waals surface area contributed by atoms with Crippen molar-refractivity contribution in [2.75, 3.05) is 0 Å². The van der Waals surface area contributed by atoms with E-state index in [1.807, 2.05) is 30.3 Å². The number of hydrogen-bond acceptors (Lipinski definition) is 1. The van der Waals surface area contributed by atoms with Crippen LogP contribution in [0.3, 0.4) is 0 Å². The maximum atomic E-state index is 10.1. The first-order chi connectivity index (χ1) is 9.11. The fraction of sp³-hybridized carbons (Fsp3) is 0.294. The monoisotopic (exact) mass is 274 g/mol. The van der Waals surface area contributed by atoms with E-state index >= 15 is 0 Å². The second-order valence-electron chi connectivity index (χ2n) is 4.89. The number of aryl methyl sites for hydroxylation is 1. The van der Waals surface area contributed by atoms with Gasteiger partial charge in [-0.05, 0) is 53.8 Å². The highest BCUT2D eigenvalue weighted by atomic mass is 35.5. The van der Waals surface area contributed by atoms with Gasteiger partial charge < -0.3 is 5.11 Å². The molecule has 2 aromatic rings. The summed E-state index contributed by atoms with van der Waals surface area (Å²) in [6.45, 7) is 4.13. The van der Waals surface area contributed by atoms with Gasteiger partial charge in [0, 0.05) is 5.02 Å². The topological polar surface area (TPSA) is 20.2 Å². The van der Waals surface area contributed by atoms with E-state index in [2.05, 4.69) is 26.0 Å². The predicted octanol–water partition coefficient (Wildman–Crippen LogP) is 5.15. The van der Waals surface area contributed by atoms with Gasteiger partial charge in [-0.1, -0.05) is 49.2 Å². The fourth-order valence-electron chi connectivity index (χ4n) is 2.30. The Morgan fingerprint density at radius 2 is 1.95 bits per heavy atom. The van der Waals surface area contributed by atoms with E-state index in [1.54, 1.807) is 0 Å². The maximum absolute atomic E-state index is 10.1. The number of aliphatic hydroxyl groups excluding tert-OH is 1. The first-order valence-electron chi connectivity index (χ1n) is 6.66. The van der Waals surface area contributed by atoms with Gasteiger partial charge in [0.15, 0.2) is 0 Å². The molecule has 0 spiro atoms. The molecule has 19 heavy (non-hydrogen) atoms. The minimum absolute atomic E-state index is 0.377. The van der Waals surface area contributed by atoms with Crippen LogP contribution in [0.15, 0.2) is 42.5 Å². The number of rotatable bonds is 4. The van der Waals surface area contributed by atoms with Crippen LogP contribution in [0.25, 0.3) is 11.1 Å². The third-order valence-electron chi connectivity index (χ3n) is 3.33. The molecule has 100 valence electrons. The molecule has 2 aromatic carbocycles. The summed E-state index contributed by atoms with van der Waals surface area (Å²) in [4.78, 5) is 0. The van der Waals surface area contributed by atoms with Gasteiger partial charge >= 0.3 is 0 Å². The van der Waals surface area contributed by atoms with Crippen LogP contribution >= 0.6 is 11.6 Å². The van der Waals surface area contributed by atoms with Crippen LogP contribution < -0.4 is 0 Å². The van der Waals surface area contributed by atoms with Crippen molar-refractivity contribution in [2.24, 2.45) is 0 Å². The lowest BCUT2D eigenvalue weighted by Gasteiger charge is -2.12. The molecule has 0 radical (unpaired) electrons. The van der Waals surface area contributed by atoms with Crippen molar-refractivity contribution >= 4 is 11.6 Å². The Hall–Kier alpha value is -1.31. The van der Waals surface area contributed by atoms with Gasteiger partial charge in [0.25, 0.3) is 0 Å². The lowest BCUT2D eigenvalue weighted by molar-refractivity contribution is 0.166. The average Bonchev–Trinajstić information content (AvgIpc) is 2.39. The molecule has 0 saturated carbocycles. The van der Waals surface area contributed by atoms with Crippen molar-refractivity contribution in [2.45, 2.75) is 32.8 Å². The predicted molar refractivity (Wildman–Crippen MR) is 81.5 cm³/mol. The minimum Gasteiger partial charge on any atom is -0.388 e. The molecule has 0 aliphatic rings. The zero-order chi connectivity index (χ0) is 13.8. The van der Waals surface area contributed by atoms with Crippen LogP contribution in [0.4, 0.5) is 0 Å². The minimum atomic E-state index is -0.377. The molecule has 0 aliphatic carbocycles. The van der Waals surface area contributed by atoms with Crippen LogP contribution in [0.2, 0.25) is 5.02 Å². The standard InChI is InChI=1S/C17H19ClO/c1-3-5-17(19)14-7-4-6-13(11-14)16-9-8-15(18)10-12(16)2/h4,6-11,17,19H,3,5H2,1-2H3/t17-/m0/s1. The quantitative estimate of drug-likeness (QED) is 0.817. The molecule has 0 unspecified atom stereocenters. The highest BCUT2D eigenvalue weighted by Crippen LogP contribution is 2.29. The summed E-state index contributed by atoms with van der Waals surface area (Å²) in [6.07, 6.45) is 1.39. The average molecular weight is 275 g/mol. The summed E-state index contributed by atoms with van der Waals surface area (Å²) in [5.41, 5.74) is 4.42. The molecule has 1 nitrogen and oxygen atoms in total. The summed E-state index contributed by atoms with van der Waals surface area (Å²) >= 11 is 5.99. The lowest BCUT2D eigenvalue weighted by Crippen LogP contribution is -1.97. The van der Waals surface area contributed by atoms with Crippen LogP contribution in [-0.2, 0) is 0 Å². The van der Waals surface area contributed by atoms with Crippen molar-refractivity contribution in [1.29, 1.82) is 0 Å². The van der Waals surface area contributed by atoms with E-state index < -0.39 is 0 Å². The van der Waals surface area contributed by atoms with Crippen molar-refractivity contribution in [3.63, 3.8) is 0 Å². The molecule has 0 fully saturated rings. The Morgan fingerprint density at radius 3 is 2.63 bits per heavy atom. The Bertz CT molecular complexity index is 563. The largest absolute Gasteiger partial charge is 0.388 e. The third-order valence-corrected chi connectivity index (χ3v) is 3.57. The molecule has 2 rings (SSSR count). The molecule has 0 saturated heterocycles. The highest BCUT2D eigenvalue weighted by molar-refractivity contribution is 6.30. The fourth-order valence-corrected chi connectivity index (χ4v) is 2.53. The summed E-state index contributed by atoms with van der Waals surface area (Å²) < 4.78 is 0. The first kappa shape index (κ1) is 14.1. The van der Waals surface area contributed by atoms with Gasteiger partial charge in [0.2, 0.25) is 0 Å². The van der Waals surface area contributed by atoms with Crippen molar-refractivity contribution < 1.29 is 5.11 Å². The Balaban J connectivity index is 2.37. The molecular formula is C17H19ClO. The normalized spacial score (nSPS) is 12.4. The van der Waals surface area contributed by atoms with Crippen LogP contribution in [0.1, 0.15) is 37.0 Å². The first-order valence-corrected chi connectivity index (χ1v) is 7.04. The molecule has 1 N–H and O–H groups in total. The van der Waals surface area contributed by atoms with E-state index in [1.165, 1.54) is 0 Å². The summed E-state index contributed by atoms with van der Waals surface area (Å²) in [7, 11) is 0. The van der Waals surface area contributed by atoms with Crippen LogP contribution in [-0.4, -0.2) is 5.11 Å².